The van der Waals surface area contributed by atoms with Crippen LogP contribution in [0.15, 0.2) is 49.7 Å². The van der Waals surface area contributed by atoms with Crippen molar-refractivity contribution in [2.45, 2.75) is 52.5 Å². The van der Waals surface area contributed by atoms with E-state index in [0.717, 1.165) is 82.1 Å². The van der Waals surface area contributed by atoms with Gasteiger partial charge >= 0.3 is 0 Å². The van der Waals surface area contributed by atoms with E-state index in [1.165, 1.54) is 18.5 Å². The first-order valence-corrected chi connectivity index (χ1v) is 12.0. The van der Waals surface area contributed by atoms with Gasteiger partial charge in [0.25, 0.3) is 0 Å². The minimum atomic E-state index is 0.809. The van der Waals surface area contributed by atoms with Gasteiger partial charge in [0.2, 0.25) is 5.95 Å². The van der Waals surface area contributed by atoms with Crippen molar-refractivity contribution >= 4 is 28.3 Å². The van der Waals surface area contributed by atoms with Crippen molar-refractivity contribution in [1.29, 1.82) is 0 Å². The molecule has 174 valence electrons. The molecular weight excluding hydrogens is 420 g/mol. The van der Waals surface area contributed by atoms with E-state index >= 15 is 0 Å². The summed E-state index contributed by atoms with van der Waals surface area (Å²) in [5.74, 6) is 0.826. The van der Waals surface area contributed by atoms with Crippen molar-refractivity contribution in [3.8, 4) is 11.3 Å². The Labute approximate surface area is 201 Å². The fraction of sp³-hybridized carbons (Fsp3) is 0.321. The Morgan fingerprint density at radius 3 is 2.71 bits per heavy atom. The maximum atomic E-state index is 4.93. The van der Waals surface area contributed by atoms with Gasteiger partial charge in [0.1, 0.15) is 0 Å². The van der Waals surface area contributed by atoms with E-state index in [2.05, 4.69) is 58.5 Å². The van der Waals surface area contributed by atoms with Crippen LogP contribution in [-0.4, -0.2) is 24.3 Å². The van der Waals surface area contributed by atoms with Crippen LogP contribution in [0.5, 0.6) is 0 Å². The topological polar surface area (TPSA) is 60.6 Å². The lowest BCUT2D eigenvalue weighted by molar-refractivity contribution is 0.573. The van der Waals surface area contributed by atoms with Gasteiger partial charge in [-0.1, -0.05) is 37.6 Å². The molecule has 1 aliphatic rings. The van der Waals surface area contributed by atoms with E-state index in [0.29, 0.717) is 0 Å². The van der Waals surface area contributed by atoms with Crippen LogP contribution < -0.4 is 5.32 Å². The molecule has 4 aromatic rings. The Morgan fingerprint density at radius 1 is 1.06 bits per heavy atom. The first-order valence-electron chi connectivity index (χ1n) is 12.0. The van der Waals surface area contributed by atoms with Crippen LogP contribution in [0.3, 0.4) is 0 Å². The molecule has 0 fully saturated rings. The highest BCUT2D eigenvalue weighted by Gasteiger charge is 2.17. The normalized spacial score (nSPS) is 14.6. The lowest BCUT2D eigenvalue weighted by Crippen LogP contribution is -2.07. The Morgan fingerprint density at radius 2 is 1.88 bits per heavy atom. The minimum absolute atomic E-state index is 0.809. The number of allylic oxidation sites excluding steroid dienone is 1. The van der Waals surface area contributed by atoms with Gasteiger partial charge in [-0.05, 0) is 62.9 Å². The fourth-order valence-electron chi connectivity index (χ4n) is 4.79. The van der Waals surface area contributed by atoms with Gasteiger partial charge in [0, 0.05) is 41.8 Å². The van der Waals surface area contributed by atoms with Gasteiger partial charge in [0.05, 0.1) is 22.9 Å². The van der Waals surface area contributed by atoms with Crippen LogP contribution in [0.25, 0.3) is 33.6 Å². The second-order valence-corrected chi connectivity index (χ2v) is 9.35. The summed E-state index contributed by atoms with van der Waals surface area (Å²) in [5, 5.41) is 8.06. The fourth-order valence-corrected chi connectivity index (χ4v) is 4.79. The van der Waals surface area contributed by atoms with E-state index in [-0.39, 0.29) is 0 Å². The number of anilines is 1. The molecule has 0 spiro atoms. The smallest absolute Gasteiger partial charge is 0.208 e. The highest BCUT2D eigenvalue weighted by atomic mass is 15.3. The number of benzene rings is 1. The van der Waals surface area contributed by atoms with Crippen molar-refractivity contribution in [3.63, 3.8) is 0 Å². The molecule has 0 amide bonds. The molecule has 0 saturated heterocycles. The van der Waals surface area contributed by atoms with Gasteiger partial charge in [-0.25, -0.2) is 4.98 Å². The monoisotopic (exact) mass is 452 g/mol. The number of aryl methyl sites for hydroxylation is 3. The second-order valence-electron chi connectivity index (χ2n) is 9.35. The number of rotatable bonds is 1. The van der Waals surface area contributed by atoms with E-state index in [9.17, 15) is 0 Å². The summed E-state index contributed by atoms with van der Waals surface area (Å²) < 4.78 is 4.28. The number of fused-ring (bicyclic) bond motifs is 7. The van der Waals surface area contributed by atoms with Crippen molar-refractivity contribution in [1.82, 2.24) is 24.3 Å². The molecule has 0 radical (unpaired) electrons. The average Bonchev–Trinajstić information content (AvgIpc) is 3.34. The summed E-state index contributed by atoms with van der Waals surface area (Å²) in [7, 11) is 2.02. The molecule has 6 heteroatoms. The van der Waals surface area contributed by atoms with Gasteiger partial charge in [-0.15, -0.1) is 0 Å². The standard InChI is InChI=1S/C28H32N6/c1-18(2)21-11-12-24-27(16-21)34-13-9-7-6-8-10-26-23(17-29-33(26)5)25-15-22(14-19(3)30-25)20(4)31-28(34)32-24/h11-12,14-17H,1,4,6-10,13H2,2-3,5H3,(H,31,32). The first kappa shape index (κ1) is 22.1. The Balaban J connectivity index is 1.60. The molecule has 34 heavy (non-hydrogen) atoms. The molecule has 2 bridgehead atoms. The Kier molecular flexibility index (Phi) is 5.82. The van der Waals surface area contributed by atoms with Crippen molar-refractivity contribution < 1.29 is 0 Å². The summed E-state index contributed by atoms with van der Waals surface area (Å²) >= 11 is 0. The molecule has 0 saturated carbocycles. The van der Waals surface area contributed by atoms with E-state index < -0.39 is 0 Å². The van der Waals surface area contributed by atoms with E-state index in [1.807, 2.05) is 31.8 Å². The molecule has 0 atom stereocenters. The predicted molar refractivity (Wildman–Crippen MR) is 140 cm³/mol. The minimum Gasteiger partial charge on any atom is -0.326 e. The third-order valence-electron chi connectivity index (χ3n) is 6.69. The van der Waals surface area contributed by atoms with Gasteiger partial charge in [0.15, 0.2) is 0 Å². The quantitative estimate of drug-likeness (QED) is 0.364. The first-order chi connectivity index (χ1) is 16.4. The van der Waals surface area contributed by atoms with Crippen molar-refractivity contribution in [2.24, 2.45) is 7.05 Å². The van der Waals surface area contributed by atoms with Gasteiger partial charge in [-0.3, -0.25) is 9.67 Å². The lowest BCUT2D eigenvalue weighted by Gasteiger charge is -2.14. The molecule has 4 heterocycles. The maximum Gasteiger partial charge on any atom is 0.208 e. The number of hydrogen-bond donors (Lipinski definition) is 1. The Bertz CT molecular complexity index is 1400. The Hall–Kier alpha value is -3.67. The van der Waals surface area contributed by atoms with Crippen LogP contribution in [0.4, 0.5) is 5.95 Å². The molecule has 1 aromatic carbocycles. The number of nitrogens with one attached hydrogen (secondary N) is 1. The van der Waals surface area contributed by atoms with Crippen molar-refractivity contribution in [3.05, 3.63) is 72.2 Å². The number of hydrogen-bond acceptors (Lipinski definition) is 4. The maximum absolute atomic E-state index is 4.93. The highest BCUT2D eigenvalue weighted by molar-refractivity contribution is 5.85. The van der Waals surface area contributed by atoms with Crippen LogP contribution in [0.2, 0.25) is 0 Å². The van der Waals surface area contributed by atoms with E-state index in [1.54, 1.807) is 0 Å². The zero-order valence-corrected chi connectivity index (χ0v) is 20.4. The molecule has 6 nitrogen and oxygen atoms in total. The number of imidazole rings is 1. The highest BCUT2D eigenvalue weighted by Crippen LogP contribution is 2.30. The summed E-state index contributed by atoms with van der Waals surface area (Å²) in [6.45, 7) is 13.5. The average molecular weight is 453 g/mol. The SMILES string of the molecule is C=C(C)c1ccc2nc3n(c2c1)CCCCCCc1c(cnn1C)-c1cc(cc(C)n1)C(=C)N3. The predicted octanol–water partition coefficient (Wildman–Crippen LogP) is 6.37. The summed E-state index contributed by atoms with van der Waals surface area (Å²) in [6.07, 6.45) is 7.50. The third-order valence-corrected chi connectivity index (χ3v) is 6.69. The zero-order chi connectivity index (χ0) is 23.8. The third kappa shape index (κ3) is 4.16. The number of nitrogens with zero attached hydrogens (tertiary/aromatic N) is 5. The lowest BCUT2D eigenvalue weighted by atomic mass is 10.0. The van der Waals surface area contributed by atoms with E-state index in [4.69, 9.17) is 9.97 Å². The summed E-state index contributed by atoms with van der Waals surface area (Å²) in [5.41, 5.74) is 10.4. The van der Waals surface area contributed by atoms with Crippen molar-refractivity contribution in [2.75, 3.05) is 5.32 Å². The molecule has 0 aliphatic carbocycles. The van der Waals surface area contributed by atoms with Crippen LogP contribution in [-0.2, 0) is 20.0 Å². The van der Waals surface area contributed by atoms with Gasteiger partial charge < -0.3 is 9.88 Å². The second kappa shape index (κ2) is 8.93. The molecule has 1 aliphatic heterocycles. The molecule has 0 unspecified atom stereocenters. The molecule has 3 aromatic heterocycles. The van der Waals surface area contributed by atoms with Crippen LogP contribution >= 0.6 is 0 Å². The van der Waals surface area contributed by atoms with Crippen LogP contribution in [0.1, 0.15) is 55.1 Å². The summed E-state index contributed by atoms with van der Waals surface area (Å²) in [6, 6.07) is 10.6. The number of pyridine rings is 1. The molecular formula is C28H32N6. The van der Waals surface area contributed by atoms with Gasteiger partial charge in [-0.2, -0.15) is 5.10 Å². The number of aromatic nitrogens is 5. The molecule has 1 N–H and O–H groups in total. The summed E-state index contributed by atoms with van der Waals surface area (Å²) in [4.78, 5) is 9.76. The van der Waals surface area contributed by atoms with Crippen LogP contribution in [0, 0.1) is 6.92 Å². The largest absolute Gasteiger partial charge is 0.326 e. The molecule has 5 rings (SSSR count). The zero-order valence-electron chi connectivity index (χ0n) is 20.4.